The Morgan fingerprint density at radius 2 is 2.10 bits per heavy atom. The monoisotopic (exact) mass is 273 g/mol. The van der Waals surface area contributed by atoms with Crippen LogP contribution in [0.15, 0.2) is 42.5 Å². The quantitative estimate of drug-likeness (QED) is 0.783. The van der Waals surface area contributed by atoms with Gasteiger partial charge in [-0.05, 0) is 18.4 Å². The summed E-state index contributed by atoms with van der Waals surface area (Å²) in [6.45, 7) is 2.25. The molecule has 2 N–H and O–H groups in total. The molecule has 0 saturated heterocycles. The summed E-state index contributed by atoms with van der Waals surface area (Å²) >= 11 is 0. The van der Waals surface area contributed by atoms with Crippen LogP contribution in [-0.4, -0.2) is 23.7 Å². The van der Waals surface area contributed by atoms with Crippen molar-refractivity contribution in [2.75, 3.05) is 6.61 Å². The van der Waals surface area contributed by atoms with Gasteiger partial charge >= 0.3 is 0 Å². The van der Waals surface area contributed by atoms with Gasteiger partial charge in [0, 0.05) is 18.6 Å². The van der Waals surface area contributed by atoms with E-state index in [4.69, 9.17) is 5.11 Å². The number of rotatable bonds is 6. The number of carbonyl (C=O) groups excluding carboxylic acids is 1. The largest absolute Gasteiger partial charge is 0.396 e. The fraction of sp³-hybridized carbons (Fsp3) is 0.471. The Balaban J connectivity index is 2.00. The van der Waals surface area contributed by atoms with E-state index in [0.29, 0.717) is 0 Å². The van der Waals surface area contributed by atoms with E-state index in [2.05, 4.69) is 12.2 Å². The SMILES string of the molecule is CCCC(C(=O)N[C@@H]1C=C[C@H](CO)C1)c1ccccc1. The highest BCUT2D eigenvalue weighted by atomic mass is 16.3. The fourth-order valence-electron chi connectivity index (χ4n) is 2.72. The van der Waals surface area contributed by atoms with Crippen LogP contribution in [0.25, 0.3) is 0 Å². The van der Waals surface area contributed by atoms with Crippen LogP contribution >= 0.6 is 0 Å². The van der Waals surface area contributed by atoms with E-state index < -0.39 is 0 Å². The highest BCUT2D eigenvalue weighted by Crippen LogP contribution is 2.23. The summed E-state index contributed by atoms with van der Waals surface area (Å²) in [5.74, 6) is 0.190. The molecule has 1 aliphatic rings. The predicted octanol–water partition coefficient (Wildman–Crippen LogP) is 2.62. The minimum Gasteiger partial charge on any atom is -0.396 e. The van der Waals surface area contributed by atoms with E-state index in [1.165, 1.54) is 0 Å². The molecule has 0 aliphatic heterocycles. The van der Waals surface area contributed by atoms with Gasteiger partial charge in [-0.2, -0.15) is 0 Å². The van der Waals surface area contributed by atoms with Crippen LogP contribution in [0.4, 0.5) is 0 Å². The minimum absolute atomic E-state index is 0.0581. The van der Waals surface area contributed by atoms with Crippen molar-refractivity contribution < 1.29 is 9.90 Å². The van der Waals surface area contributed by atoms with E-state index in [9.17, 15) is 4.79 Å². The fourth-order valence-corrected chi connectivity index (χ4v) is 2.72. The van der Waals surface area contributed by atoms with Gasteiger partial charge < -0.3 is 10.4 Å². The van der Waals surface area contributed by atoms with Gasteiger partial charge in [-0.25, -0.2) is 0 Å². The standard InChI is InChI=1S/C17H23NO2/c1-2-6-16(14-7-4-3-5-8-14)17(20)18-15-10-9-13(11-15)12-19/h3-5,7-10,13,15-16,19H,2,6,11-12H2,1H3,(H,18,20)/t13-,15+,16?/m0/s1. The Kier molecular flexibility index (Phi) is 5.36. The lowest BCUT2D eigenvalue weighted by Gasteiger charge is -2.20. The molecule has 0 radical (unpaired) electrons. The Morgan fingerprint density at radius 1 is 1.35 bits per heavy atom. The molecular weight excluding hydrogens is 250 g/mol. The molecule has 0 saturated carbocycles. The van der Waals surface area contributed by atoms with Gasteiger partial charge in [-0.15, -0.1) is 0 Å². The van der Waals surface area contributed by atoms with Crippen molar-refractivity contribution >= 4 is 5.91 Å². The first-order valence-corrected chi connectivity index (χ1v) is 7.39. The second-order valence-corrected chi connectivity index (χ2v) is 5.43. The highest BCUT2D eigenvalue weighted by molar-refractivity contribution is 5.84. The number of hydrogen-bond donors (Lipinski definition) is 2. The lowest BCUT2D eigenvalue weighted by molar-refractivity contribution is -0.123. The summed E-state index contributed by atoms with van der Waals surface area (Å²) in [6.07, 6.45) is 6.62. The maximum absolute atomic E-state index is 12.5. The van der Waals surface area contributed by atoms with Crippen molar-refractivity contribution in [3.63, 3.8) is 0 Å². The summed E-state index contributed by atoms with van der Waals surface area (Å²) in [5.41, 5.74) is 1.08. The van der Waals surface area contributed by atoms with Crippen LogP contribution in [-0.2, 0) is 4.79 Å². The van der Waals surface area contributed by atoms with Gasteiger partial charge in [0.1, 0.15) is 0 Å². The molecule has 0 heterocycles. The minimum atomic E-state index is -0.0808. The summed E-state index contributed by atoms with van der Waals surface area (Å²) in [7, 11) is 0. The molecule has 0 bridgehead atoms. The Hall–Kier alpha value is -1.61. The summed E-state index contributed by atoms with van der Waals surface area (Å²) < 4.78 is 0. The molecule has 1 aromatic carbocycles. The third-order valence-corrected chi connectivity index (χ3v) is 3.83. The molecular formula is C17H23NO2. The van der Waals surface area contributed by atoms with Crippen molar-refractivity contribution in [1.29, 1.82) is 0 Å². The van der Waals surface area contributed by atoms with Crippen LogP contribution in [0.1, 0.15) is 37.7 Å². The number of aliphatic hydroxyl groups excluding tert-OH is 1. The molecule has 1 amide bonds. The molecule has 3 nitrogen and oxygen atoms in total. The zero-order chi connectivity index (χ0) is 14.4. The van der Waals surface area contributed by atoms with Crippen molar-refractivity contribution in [1.82, 2.24) is 5.32 Å². The number of carbonyl (C=O) groups is 1. The third kappa shape index (κ3) is 3.70. The first-order chi connectivity index (χ1) is 9.74. The topological polar surface area (TPSA) is 49.3 Å². The first kappa shape index (κ1) is 14.8. The summed E-state index contributed by atoms with van der Waals surface area (Å²) in [4.78, 5) is 12.5. The normalized spacial score (nSPS) is 22.7. The molecule has 1 aliphatic carbocycles. The van der Waals surface area contributed by atoms with E-state index >= 15 is 0 Å². The molecule has 2 rings (SSSR count). The van der Waals surface area contributed by atoms with Gasteiger partial charge in [0.25, 0.3) is 0 Å². The lowest BCUT2D eigenvalue weighted by atomic mass is 9.93. The van der Waals surface area contributed by atoms with Crippen LogP contribution in [0, 0.1) is 5.92 Å². The predicted molar refractivity (Wildman–Crippen MR) is 80.4 cm³/mol. The van der Waals surface area contributed by atoms with Gasteiger partial charge in [0.05, 0.1) is 5.92 Å². The van der Waals surface area contributed by atoms with Crippen molar-refractivity contribution in [3.8, 4) is 0 Å². The molecule has 108 valence electrons. The van der Waals surface area contributed by atoms with Crippen molar-refractivity contribution in [2.24, 2.45) is 5.92 Å². The molecule has 3 atom stereocenters. The summed E-state index contributed by atoms with van der Waals surface area (Å²) in [5, 5.41) is 12.2. The second kappa shape index (κ2) is 7.25. The molecule has 0 spiro atoms. The van der Waals surface area contributed by atoms with E-state index in [1.54, 1.807) is 0 Å². The smallest absolute Gasteiger partial charge is 0.228 e. The molecule has 1 unspecified atom stereocenters. The van der Waals surface area contributed by atoms with Crippen LogP contribution in [0.5, 0.6) is 0 Å². The van der Waals surface area contributed by atoms with Crippen LogP contribution in [0.2, 0.25) is 0 Å². The van der Waals surface area contributed by atoms with Gasteiger partial charge in [0.15, 0.2) is 0 Å². The van der Waals surface area contributed by atoms with E-state index in [0.717, 1.165) is 24.8 Å². The maximum atomic E-state index is 12.5. The van der Waals surface area contributed by atoms with Crippen molar-refractivity contribution in [2.45, 2.75) is 38.1 Å². The average Bonchev–Trinajstić information content (AvgIpc) is 2.93. The molecule has 20 heavy (non-hydrogen) atoms. The molecule has 1 aromatic rings. The zero-order valence-electron chi connectivity index (χ0n) is 12.0. The Bertz CT molecular complexity index is 455. The highest BCUT2D eigenvalue weighted by Gasteiger charge is 2.24. The van der Waals surface area contributed by atoms with Crippen molar-refractivity contribution in [3.05, 3.63) is 48.0 Å². The van der Waals surface area contributed by atoms with Gasteiger partial charge in [-0.3, -0.25) is 4.79 Å². The zero-order valence-corrected chi connectivity index (χ0v) is 12.0. The molecule has 0 aromatic heterocycles. The van der Waals surface area contributed by atoms with Crippen LogP contribution in [0.3, 0.4) is 0 Å². The van der Waals surface area contributed by atoms with E-state index in [-0.39, 0.29) is 30.4 Å². The number of nitrogens with one attached hydrogen (secondary N) is 1. The lowest BCUT2D eigenvalue weighted by Crippen LogP contribution is -2.36. The number of benzene rings is 1. The van der Waals surface area contributed by atoms with E-state index in [1.807, 2.05) is 42.5 Å². The Labute approximate surface area is 120 Å². The molecule has 3 heteroatoms. The molecule has 0 fully saturated rings. The second-order valence-electron chi connectivity index (χ2n) is 5.43. The maximum Gasteiger partial charge on any atom is 0.228 e. The van der Waals surface area contributed by atoms with Gasteiger partial charge in [-0.1, -0.05) is 55.8 Å². The average molecular weight is 273 g/mol. The first-order valence-electron chi connectivity index (χ1n) is 7.39. The number of hydrogen-bond acceptors (Lipinski definition) is 2. The number of amides is 1. The Morgan fingerprint density at radius 3 is 2.70 bits per heavy atom. The summed E-state index contributed by atoms with van der Waals surface area (Å²) in [6, 6.07) is 10.0. The van der Waals surface area contributed by atoms with Crippen LogP contribution < -0.4 is 5.32 Å². The third-order valence-electron chi connectivity index (χ3n) is 3.83. The number of aliphatic hydroxyl groups is 1. The van der Waals surface area contributed by atoms with Gasteiger partial charge in [0.2, 0.25) is 5.91 Å².